The summed E-state index contributed by atoms with van der Waals surface area (Å²) in [6.45, 7) is 1.90. The lowest BCUT2D eigenvalue weighted by molar-refractivity contribution is -0.116. The van der Waals surface area contributed by atoms with E-state index >= 15 is 0 Å². The van der Waals surface area contributed by atoms with E-state index in [1.165, 1.54) is 0 Å². The molecule has 6 heteroatoms. The van der Waals surface area contributed by atoms with Gasteiger partial charge in [0.1, 0.15) is 5.82 Å². The summed E-state index contributed by atoms with van der Waals surface area (Å²) < 4.78 is 11.4. The van der Waals surface area contributed by atoms with Crippen LogP contribution in [0.15, 0.2) is 34.9 Å². The average molecular weight is 379 g/mol. The van der Waals surface area contributed by atoms with Crippen molar-refractivity contribution in [2.45, 2.75) is 19.8 Å². The zero-order chi connectivity index (χ0) is 16.8. The second-order valence-electron chi connectivity index (χ2n) is 5.06. The van der Waals surface area contributed by atoms with E-state index < -0.39 is 0 Å². The minimum absolute atomic E-state index is 0.0716. The quantitative estimate of drug-likeness (QED) is 0.831. The fourth-order valence-corrected chi connectivity index (χ4v) is 2.61. The summed E-state index contributed by atoms with van der Waals surface area (Å²) in [5.74, 6) is 1.86. The van der Waals surface area contributed by atoms with Gasteiger partial charge in [-0.25, -0.2) is 4.98 Å². The van der Waals surface area contributed by atoms with Crippen molar-refractivity contribution in [3.63, 3.8) is 0 Å². The lowest BCUT2D eigenvalue weighted by Gasteiger charge is -2.10. The second-order valence-corrected chi connectivity index (χ2v) is 5.97. The van der Waals surface area contributed by atoms with Crippen LogP contribution in [0.5, 0.6) is 11.5 Å². The maximum atomic E-state index is 12.1. The molecule has 0 aliphatic heterocycles. The van der Waals surface area contributed by atoms with Gasteiger partial charge in [0.25, 0.3) is 0 Å². The number of pyridine rings is 1. The van der Waals surface area contributed by atoms with E-state index in [2.05, 4.69) is 26.2 Å². The number of hydrogen-bond donors (Lipinski definition) is 1. The van der Waals surface area contributed by atoms with Gasteiger partial charge in [0.15, 0.2) is 11.5 Å². The normalized spacial score (nSPS) is 10.3. The van der Waals surface area contributed by atoms with Crippen LogP contribution in [0.3, 0.4) is 0 Å². The Hall–Kier alpha value is -2.08. The summed E-state index contributed by atoms with van der Waals surface area (Å²) in [5, 5.41) is 2.83. The Morgan fingerprint density at radius 3 is 2.61 bits per heavy atom. The number of rotatable bonds is 6. The number of nitrogens with one attached hydrogen (secondary N) is 1. The van der Waals surface area contributed by atoms with Crippen molar-refractivity contribution in [2.75, 3.05) is 19.5 Å². The van der Waals surface area contributed by atoms with Crippen LogP contribution in [0.1, 0.15) is 17.5 Å². The summed E-state index contributed by atoms with van der Waals surface area (Å²) in [6.07, 6.45) is 2.64. The summed E-state index contributed by atoms with van der Waals surface area (Å²) in [7, 11) is 3.19. The fraction of sp³-hybridized carbons (Fsp3) is 0.294. The number of aryl methyl sites for hydroxylation is 2. The number of hydrogen-bond acceptors (Lipinski definition) is 4. The Morgan fingerprint density at radius 1 is 1.22 bits per heavy atom. The number of aromatic nitrogens is 1. The van der Waals surface area contributed by atoms with Crippen LogP contribution >= 0.6 is 15.9 Å². The van der Waals surface area contributed by atoms with Gasteiger partial charge in [0.2, 0.25) is 5.91 Å². The first-order chi connectivity index (χ1) is 11.0. The van der Waals surface area contributed by atoms with Gasteiger partial charge in [-0.15, -0.1) is 0 Å². The molecule has 0 saturated carbocycles. The minimum atomic E-state index is -0.0716. The Labute approximate surface area is 144 Å². The number of amides is 1. The van der Waals surface area contributed by atoms with Crippen LogP contribution in [0.4, 0.5) is 5.82 Å². The van der Waals surface area contributed by atoms with Crippen LogP contribution in [0.2, 0.25) is 0 Å². The van der Waals surface area contributed by atoms with Gasteiger partial charge >= 0.3 is 0 Å². The maximum Gasteiger partial charge on any atom is 0.225 e. The minimum Gasteiger partial charge on any atom is -0.493 e. The van der Waals surface area contributed by atoms with E-state index in [-0.39, 0.29) is 5.91 Å². The highest BCUT2D eigenvalue weighted by Gasteiger charge is 2.09. The molecule has 0 spiro atoms. The third-order valence-electron chi connectivity index (χ3n) is 3.39. The number of ether oxygens (including phenoxy) is 2. The Balaban J connectivity index is 1.96. The largest absolute Gasteiger partial charge is 0.493 e. The number of anilines is 1. The Bertz CT molecular complexity index is 704. The molecule has 0 radical (unpaired) electrons. The Morgan fingerprint density at radius 2 is 1.96 bits per heavy atom. The molecule has 5 nitrogen and oxygen atoms in total. The van der Waals surface area contributed by atoms with Crippen molar-refractivity contribution in [3.8, 4) is 11.5 Å². The van der Waals surface area contributed by atoms with E-state index in [4.69, 9.17) is 9.47 Å². The molecule has 2 rings (SSSR count). The molecule has 0 bridgehead atoms. The monoisotopic (exact) mass is 378 g/mol. The predicted molar refractivity (Wildman–Crippen MR) is 93.2 cm³/mol. The molecule has 1 aromatic heterocycles. The van der Waals surface area contributed by atoms with Gasteiger partial charge < -0.3 is 14.8 Å². The van der Waals surface area contributed by atoms with Gasteiger partial charge in [0.05, 0.1) is 14.2 Å². The molecule has 0 atom stereocenters. The highest BCUT2D eigenvalue weighted by Crippen LogP contribution is 2.28. The molecule has 1 heterocycles. The van der Waals surface area contributed by atoms with E-state index in [0.29, 0.717) is 30.2 Å². The van der Waals surface area contributed by atoms with Crippen molar-refractivity contribution < 1.29 is 14.3 Å². The Kier molecular flexibility index (Phi) is 5.98. The molecule has 1 aromatic carbocycles. The van der Waals surface area contributed by atoms with Crippen molar-refractivity contribution >= 4 is 27.7 Å². The van der Waals surface area contributed by atoms with Crippen molar-refractivity contribution in [3.05, 3.63) is 46.1 Å². The van der Waals surface area contributed by atoms with Crippen LogP contribution in [0.25, 0.3) is 0 Å². The molecule has 1 amide bonds. The van der Waals surface area contributed by atoms with Gasteiger partial charge in [-0.2, -0.15) is 0 Å². The van der Waals surface area contributed by atoms with Crippen LogP contribution < -0.4 is 14.8 Å². The molecule has 2 aromatic rings. The summed E-state index contributed by atoms with van der Waals surface area (Å²) >= 11 is 3.35. The van der Waals surface area contributed by atoms with E-state index in [9.17, 15) is 4.79 Å². The molecule has 1 N–H and O–H groups in total. The number of halogens is 1. The predicted octanol–water partition coefficient (Wildman–Crippen LogP) is 3.74. The first-order valence-corrected chi connectivity index (χ1v) is 7.95. The smallest absolute Gasteiger partial charge is 0.225 e. The molecule has 0 fully saturated rings. The zero-order valence-corrected chi connectivity index (χ0v) is 14.9. The van der Waals surface area contributed by atoms with E-state index in [1.54, 1.807) is 20.4 Å². The summed E-state index contributed by atoms with van der Waals surface area (Å²) in [5.41, 5.74) is 1.93. The van der Waals surface area contributed by atoms with Crippen LogP contribution in [-0.4, -0.2) is 25.1 Å². The lowest BCUT2D eigenvalue weighted by atomic mass is 10.1. The average Bonchev–Trinajstić information content (AvgIpc) is 2.55. The van der Waals surface area contributed by atoms with Gasteiger partial charge in [-0.3, -0.25) is 4.79 Å². The van der Waals surface area contributed by atoms with Crippen molar-refractivity contribution in [1.29, 1.82) is 0 Å². The summed E-state index contributed by atoms with van der Waals surface area (Å²) in [6, 6.07) is 7.57. The van der Waals surface area contributed by atoms with Crippen molar-refractivity contribution in [2.24, 2.45) is 0 Å². The number of methoxy groups -OCH3 is 2. The fourth-order valence-electron chi connectivity index (χ4n) is 2.16. The second kappa shape index (κ2) is 7.97. The highest BCUT2D eigenvalue weighted by molar-refractivity contribution is 9.10. The van der Waals surface area contributed by atoms with Gasteiger partial charge in [0, 0.05) is 17.1 Å². The number of benzene rings is 1. The third-order valence-corrected chi connectivity index (χ3v) is 3.83. The third kappa shape index (κ3) is 4.69. The van der Waals surface area contributed by atoms with Gasteiger partial charge in [-0.05, 0) is 58.6 Å². The molecule has 23 heavy (non-hydrogen) atoms. The zero-order valence-electron chi connectivity index (χ0n) is 13.4. The highest BCUT2D eigenvalue weighted by atomic mass is 79.9. The van der Waals surface area contributed by atoms with Crippen LogP contribution in [0, 0.1) is 6.92 Å². The topological polar surface area (TPSA) is 60.5 Å². The lowest BCUT2D eigenvalue weighted by Crippen LogP contribution is -2.14. The van der Waals surface area contributed by atoms with Crippen molar-refractivity contribution in [1.82, 2.24) is 4.98 Å². The SMILES string of the molecule is COc1ccc(CCC(=O)Nc2ncc(Br)cc2C)cc1OC. The summed E-state index contributed by atoms with van der Waals surface area (Å²) in [4.78, 5) is 16.3. The van der Waals surface area contributed by atoms with Crippen LogP contribution in [-0.2, 0) is 11.2 Å². The van der Waals surface area contributed by atoms with E-state index in [1.807, 2.05) is 31.2 Å². The number of nitrogens with zero attached hydrogens (tertiary/aromatic N) is 1. The first kappa shape index (κ1) is 17.3. The van der Waals surface area contributed by atoms with Gasteiger partial charge in [-0.1, -0.05) is 6.07 Å². The number of carbonyl (C=O) groups excluding carboxylic acids is 1. The van der Waals surface area contributed by atoms with E-state index in [0.717, 1.165) is 15.6 Å². The molecule has 122 valence electrons. The standard InChI is InChI=1S/C17H19BrN2O3/c1-11-8-13(18)10-19-17(11)20-16(21)7-5-12-4-6-14(22-2)15(9-12)23-3/h4,6,8-10H,5,7H2,1-3H3,(H,19,20,21). The number of carbonyl (C=O) groups is 1. The first-order valence-electron chi connectivity index (χ1n) is 7.16. The molecule has 0 saturated heterocycles. The molecule has 0 aliphatic rings. The molecule has 0 unspecified atom stereocenters. The molecular formula is C17H19BrN2O3. The molecular weight excluding hydrogens is 360 g/mol. The maximum absolute atomic E-state index is 12.1. The molecule has 0 aliphatic carbocycles.